The molecule has 9 heteroatoms. The Kier molecular flexibility index (Phi) is 11.4. The van der Waals surface area contributed by atoms with Crippen LogP contribution in [0.2, 0.25) is 0 Å². The van der Waals surface area contributed by atoms with E-state index in [-0.39, 0.29) is 36.5 Å². The first-order valence-corrected chi connectivity index (χ1v) is 16.5. The molecule has 0 saturated carbocycles. The minimum Gasteiger partial charge on any atom is -0.493 e. The summed E-state index contributed by atoms with van der Waals surface area (Å²) >= 11 is 0. The van der Waals surface area contributed by atoms with Gasteiger partial charge in [-0.05, 0) is 86.9 Å². The lowest BCUT2D eigenvalue weighted by atomic mass is 9.77. The summed E-state index contributed by atoms with van der Waals surface area (Å²) < 4.78 is 31.2. The number of hydrogen-bond acceptors (Lipinski definition) is 6. The highest BCUT2D eigenvalue weighted by Gasteiger charge is 2.49. The van der Waals surface area contributed by atoms with Gasteiger partial charge < -0.3 is 24.2 Å². The molecule has 2 aliphatic heterocycles. The minimum atomic E-state index is -0.907. The molecule has 46 heavy (non-hydrogen) atoms. The van der Waals surface area contributed by atoms with Gasteiger partial charge in [0, 0.05) is 30.2 Å². The topological polar surface area (TPSA) is 88.5 Å². The Morgan fingerprint density at radius 3 is 2.43 bits per heavy atom. The lowest BCUT2D eigenvalue weighted by Gasteiger charge is -2.36. The zero-order valence-electron chi connectivity index (χ0n) is 28.7. The second-order valence-corrected chi connectivity index (χ2v) is 13.8. The van der Waals surface area contributed by atoms with Crippen molar-refractivity contribution in [2.45, 2.75) is 98.6 Å². The molecule has 0 bridgehead atoms. The normalized spacial score (nSPS) is 19.4. The van der Waals surface area contributed by atoms with Crippen LogP contribution in [0, 0.1) is 24.1 Å². The van der Waals surface area contributed by atoms with E-state index in [0.717, 1.165) is 36.8 Å². The Hall–Kier alpha value is -3.59. The molecular weight excluding hydrogens is 587 g/mol. The van der Waals surface area contributed by atoms with E-state index < -0.39 is 23.8 Å². The van der Waals surface area contributed by atoms with Gasteiger partial charge in [-0.25, -0.2) is 4.39 Å². The Balaban J connectivity index is 1.78. The largest absolute Gasteiger partial charge is 0.493 e. The number of anilines is 1. The maximum atomic E-state index is 14.5. The molecule has 2 aromatic rings. The molecule has 0 spiro atoms. The number of aliphatic carboxylic acids is 1. The summed E-state index contributed by atoms with van der Waals surface area (Å²) in [6.45, 7) is 14.7. The van der Waals surface area contributed by atoms with Gasteiger partial charge >= 0.3 is 5.97 Å². The van der Waals surface area contributed by atoms with Gasteiger partial charge in [0.1, 0.15) is 5.82 Å². The van der Waals surface area contributed by atoms with E-state index in [1.807, 2.05) is 30.9 Å². The molecule has 1 N–H and O–H groups in total. The van der Waals surface area contributed by atoms with Crippen molar-refractivity contribution in [2.24, 2.45) is 11.3 Å². The summed E-state index contributed by atoms with van der Waals surface area (Å²) in [6.07, 6.45) is 6.13. The number of fused-ring (bicyclic) bond motifs is 1. The molecule has 0 aromatic heterocycles. The summed E-state index contributed by atoms with van der Waals surface area (Å²) in [4.78, 5) is 31.6. The Labute approximate surface area is 273 Å². The van der Waals surface area contributed by atoms with E-state index in [0.29, 0.717) is 41.5 Å². The summed E-state index contributed by atoms with van der Waals surface area (Å²) in [5.74, 6) is -1.03. The fourth-order valence-electron chi connectivity index (χ4n) is 7.48. The van der Waals surface area contributed by atoms with Crippen molar-refractivity contribution in [1.82, 2.24) is 4.90 Å². The molecule has 0 unspecified atom stereocenters. The lowest BCUT2D eigenvalue weighted by Crippen LogP contribution is -2.48. The van der Waals surface area contributed by atoms with Gasteiger partial charge in [-0.15, -0.1) is 0 Å². The molecule has 1 amide bonds. The molecule has 2 aromatic carbocycles. The van der Waals surface area contributed by atoms with Crippen molar-refractivity contribution in [1.29, 1.82) is 0 Å². The summed E-state index contributed by atoms with van der Waals surface area (Å²) in [5, 5.41) is 10.8. The zero-order valence-corrected chi connectivity index (χ0v) is 28.7. The highest BCUT2D eigenvalue weighted by molar-refractivity contribution is 5.95. The summed E-state index contributed by atoms with van der Waals surface area (Å²) in [7, 11) is 1.55. The van der Waals surface area contributed by atoms with Gasteiger partial charge in [0.05, 0.1) is 19.6 Å². The number of nitrogens with zero attached hydrogens (tertiary/aromatic N) is 2. The van der Waals surface area contributed by atoms with E-state index in [9.17, 15) is 19.1 Å². The predicted octanol–water partition coefficient (Wildman–Crippen LogP) is 7.72. The van der Waals surface area contributed by atoms with Gasteiger partial charge in [-0.1, -0.05) is 52.2 Å². The molecule has 0 radical (unpaired) electrons. The second kappa shape index (κ2) is 14.9. The second-order valence-electron chi connectivity index (χ2n) is 13.8. The molecule has 1 fully saturated rings. The Morgan fingerprint density at radius 1 is 1.15 bits per heavy atom. The Bertz CT molecular complexity index is 1430. The lowest BCUT2D eigenvalue weighted by molar-refractivity contribution is -0.143. The molecule has 3 atom stereocenters. The van der Waals surface area contributed by atoms with E-state index in [2.05, 4.69) is 38.7 Å². The smallest absolute Gasteiger partial charge is 0.308 e. The fourth-order valence-corrected chi connectivity index (χ4v) is 7.48. The number of halogens is 1. The van der Waals surface area contributed by atoms with Crippen molar-refractivity contribution in [3.05, 3.63) is 58.9 Å². The number of aryl methyl sites for hydroxylation is 1. The van der Waals surface area contributed by atoms with Gasteiger partial charge in [-0.2, -0.15) is 0 Å². The number of benzene rings is 2. The van der Waals surface area contributed by atoms with Crippen LogP contribution in [0.25, 0.3) is 0 Å². The maximum absolute atomic E-state index is 14.5. The van der Waals surface area contributed by atoms with Crippen molar-refractivity contribution in [3.63, 3.8) is 0 Å². The first kappa shape index (κ1) is 35.3. The van der Waals surface area contributed by atoms with Crippen molar-refractivity contribution < 1.29 is 33.3 Å². The quantitative estimate of drug-likeness (QED) is 0.212. The van der Waals surface area contributed by atoms with Crippen LogP contribution >= 0.6 is 0 Å². The number of hydrogen-bond donors (Lipinski definition) is 1. The predicted molar refractivity (Wildman–Crippen MR) is 178 cm³/mol. The fraction of sp³-hybridized carbons (Fsp3) is 0.568. The third-order valence-electron chi connectivity index (χ3n) is 9.19. The first-order valence-electron chi connectivity index (χ1n) is 16.5. The van der Waals surface area contributed by atoms with Gasteiger partial charge in [0.25, 0.3) is 0 Å². The van der Waals surface area contributed by atoms with Crippen LogP contribution in [-0.2, 0) is 9.59 Å². The summed E-state index contributed by atoms with van der Waals surface area (Å²) in [6, 6.07) is 8.04. The number of methoxy groups -OCH3 is 1. The van der Waals surface area contributed by atoms with Crippen LogP contribution < -0.4 is 19.1 Å². The van der Waals surface area contributed by atoms with E-state index in [1.54, 1.807) is 26.2 Å². The van der Waals surface area contributed by atoms with E-state index in [4.69, 9.17) is 14.2 Å². The minimum absolute atomic E-state index is 0.0396. The molecule has 2 heterocycles. The number of ether oxygens (including phenoxy) is 3. The molecule has 252 valence electrons. The van der Waals surface area contributed by atoms with Gasteiger partial charge in [-0.3, -0.25) is 14.5 Å². The number of likely N-dealkylation sites (tertiary alicyclic amines) is 1. The van der Waals surface area contributed by atoms with Crippen molar-refractivity contribution in [3.8, 4) is 17.2 Å². The highest BCUT2D eigenvalue weighted by atomic mass is 19.1. The van der Waals surface area contributed by atoms with Crippen molar-refractivity contribution >= 4 is 17.6 Å². The molecule has 0 aliphatic carbocycles. The molecule has 2 aliphatic rings. The molecular formula is C37H51FN2O6. The average molecular weight is 639 g/mol. The number of rotatable bonds is 14. The number of carboxylic acids is 1. The van der Waals surface area contributed by atoms with Crippen LogP contribution in [0.15, 0.2) is 42.0 Å². The number of allylic oxidation sites excluding steroid dienone is 2. The van der Waals surface area contributed by atoms with E-state index >= 15 is 0 Å². The van der Waals surface area contributed by atoms with Crippen LogP contribution in [0.1, 0.15) is 90.7 Å². The first-order chi connectivity index (χ1) is 21.8. The number of amides is 1. The number of carbonyl (C=O) groups is 2. The van der Waals surface area contributed by atoms with Gasteiger partial charge in [0.15, 0.2) is 11.5 Å². The monoisotopic (exact) mass is 638 g/mol. The molecule has 1 saturated heterocycles. The third kappa shape index (κ3) is 7.85. The van der Waals surface area contributed by atoms with Crippen molar-refractivity contribution in [2.75, 3.05) is 31.9 Å². The molecule has 4 rings (SSSR count). The standard InChI is InChI=1S/C37H51FN2O6/c1-9-11-26(12-10-2)40(27-13-14-29(38)24(5)15-27)33(41)21-39-20-28(25-16-31(44-8)35-32(17-25)45-22-46-35)34(36(42)43)30(39)19-37(6,7)18-23(3)4/h13-18,26,28,30,34H,9-12,19-22H2,1-8H3,(H,42,43)/t28-,30+,34-/m1/s1. The highest BCUT2D eigenvalue weighted by Crippen LogP contribution is 2.48. The average Bonchev–Trinajstić information content (AvgIpc) is 3.58. The van der Waals surface area contributed by atoms with E-state index in [1.165, 1.54) is 6.07 Å². The summed E-state index contributed by atoms with van der Waals surface area (Å²) in [5.41, 5.74) is 2.75. The number of carbonyl (C=O) groups excluding carboxylic acids is 1. The van der Waals surface area contributed by atoms with Crippen LogP contribution in [0.5, 0.6) is 17.2 Å². The van der Waals surface area contributed by atoms with Crippen LogP contribution in [0.4, 0.5) is 10.1 Å². The maximum Gasteiger partial charge on any atom is 0.308 e. The molecule has 8 nitrogen and oxygen atoms in total. The van der Waals surface area contributed by atoms with Crippen LogP contribution in [-0.4, -0.2) is 61.0 Å². The SMILES string of the molecule is CCCC(CCC)N(C(=O)CN1C[C@H](c2cc(OC)c3c(c2)OCO3)[C@@H](C(=O)O)[C@@H]1CC(C)(C)C=C(C)C)c1ccc(F)c(C)c1. The third-order valence-corrected chi connectivity index (χ3v) is 9.19. The number of carboxylic acid groups (broad SMARTS) is 1. The van der Waals surface area contributed by atoms with Crippen LogP contribution in [0.3, 0.4) is 0 Å². The zero-order chi connectivity index (χ0) is 33.8. The van der Waals surface area contributed by atoms with Gasteiger partial charge in [0.2, 0.25) is 18.4 Å². The Morgan fingerprint density at radius 2 is 1.85 bits per heavy atom.